The lowest BCUT2D eigenvalue weighted by Gasteiger charge is -2.28. The lowest BCUT2D eigenvalue weighted by atomic mass is 10.0. The van der Waals surface area contributed by atoms with E-state index in [0.717, 1.165) is 11.3 Å². The number of rotatable bonds is 5. The van der Waals surface area contributed by atoms with Gasteiger partial charge in [0, 0.05) is 27.1 Å². The van der Waals surface area contributed by atoms with Crippen molar-refractivity contribution in [2.45, 2.75) is 19.4 Å². The van der Waals surface area contributed by atoms with Crippen molar-refractivity contribution in [3.05, 3.63) is 45.4 Å². The van der Waals surface area contributed by atoms with Crippen molar-refractivity contribution in [2.75, 3.05) is 33.1 Å². The number of carbonyl (C=O) groups is 1. The maximum Gasteiger partial charge on any atom is 0.259 e. The normalized spacial score (nSPS) is 13.1. The second-order valence-electron chi connectivity index (χ2n) is 6.41. The van der Waals surface area contributed by atoms with Crippen LogP contribution in [0.5, 0.6) is 11.5 Å². The van der Waals surface area contributed by atoms with Crippen molar-refractivity contribution >= 4 is 11.9 Å². The fraction of sp³-hybridized carbons (Fsp3) is 0.421. The number of anilines is 1. The molecule has 2 heterocycles. The fourth-order valence-electron chi connectivity index (χ4n) is 3.28. The number of amides is 1. The van der Waals surface area contributed by atoms with E-state index in [1.165, 1.54) is 4.57 Å². The van der Waals surface area contributed by atoms with Gasteiger partial charge in [0.15, 0.2) is 11.5 Å². The number of hydrogen-bond donors (Lipinski definition) is 1. The third-order valence-corrected chi connectivity index (χ3v) is 4.82. The minimum absolute atomic E-state index is 0.0346. The molecule has 0 saturated heterocycles. The van der Waals surface area contributed by atoms with E-state index in [1.807, 2.05) is 6.07 Å². The molecule has 0 radical (unpaired) electrons. The minimum Gasteiger partial charge on any atom is -0.493 e. The summed E-state index contributed by atoms with van der Waals surface area (Å²) < 4.78 is 12.0. The van der Waals surface area contributed by atoms with Crippen molar-refractivity contribution < 1.29 is 14.3 Å². The van der Waals surface area contributed by atoms with Gasteiger partial charge in [0.25, 0.3) is 5.56 Å². The number of hydrogen-bond acceptors (Lipinski definition) is 6. The van der Waals surface area contributed by atoms with E-state index in [0.29, 0.717) is 36.0 Å². The summed E-state index contributed by atoms with van der Waals surface area (Å²) in [6.07, 6.45) is 0.801. The molecule has 144 valence electrons. The zero-order valence-electron chi connectivity index (χ0n) is 16.0. The zero-order valence-corrected chi connectivity index (χ0v) is 16.0. The van der Waals surface area contributed by atoms with Crippen LogP contribution in [-0.4, -0.2) is 48.2 Å². The largest absolute Gasteiger partial charge is 0.493 e. The van der Waals surface area contributed by atoms with Crippen LogP contribution in [0.25, 0.3) is 0 Å². The smallest absolute Gasteiger partial charge is 0.259 e. The van der Waals surface area contributed by atoms with E-state index in [2.05, 4.69) is 10.3 Å². The number of carbonyl (C=O) groups excluding carboxylic acids is 1. The van der Waals surface area contributed by atoms with Crippen LogP contribution < -0.4 is 20.3 Å². The Morgan fingerprint density at radius 2 is 2.00 bits per heavy atom. The number of fused-ring (bicyclic) bond motifs is 1. The Bertz CT molecular complexity index is 923. The predicted molar refractivity (Wildman–Crippen MR) is 101 cm³/mol. The van der Waals surface area contributed by atoms with Crippen LogP contribution in [0.1, 0.15) is 16.8 Å². The highest BCUT2D eigenvalue weighted by molar-refractivity contribution is 5.79. The molecule has 1 N–H and O–H groups in total. The van der Waals surface area contributed by atoms with Crippen LogP contribution in [0, 0.1) is 0 Å². The number of benzene rings is 1. The highest BCUT2D eigenvalue weighted by Crippen LogP contribution is 2.28. The van der Waals surface area contributed by atoms with Crippen molar-refractivity contribution in [3.63, 3.8) is 0 Å². The number of nitrogens with zero attached hydrogens (tertiary/aromatic N) is 3. The molecule has 0 spiro atoms. The van der Waals surface area contributed by atoms with Crippen LogP contribution >= 0.6 is 0 Å². The molecular formula is C19H24N4O4. The summed E-state index contributed by atoms with van der Waals surface area (Å²) in [6.45, 7) is 0.827. The summed E-state index contributed by atoms with van der Waals surface area (Å²) >= 11 is 0. The van der Waals surface area contributed by atoms with Crippen LogP contribution in [0.3, 0.4) is 0 Å². The first-order chi connectivity index (χ1) is 13.0. The van der Waals surface area contributed by atoms with Crippen molar-refractivity contribution in [3.8, 4) is 11.5 Å². The molecule has 1 aliphatic heterocycles. The third-order valence-electron chi connectivity index (χ3n) is 4.82. The van der Waals surface area contributed by atoms with Gasteiger partial charge in [-0.15, -0.1) is 0 Å². The molecule has 0 atom stereocenters. The van der Waals surface area contributed by atoms with Crippen LogP contribution in [-0.2, 0) is 31.2 Å². The van der Waals surface area contributed by atoms with Gasteiger partial charge in [-0.3, -0.25) is 14.2 Å². The van der Waals surface area contributed by atoms with Gasteiger partial charge in [-0.25, -0.2) is 4.98 Å². The van der Waals surface area contributed by atoms with E-state index in [4.69, 9.17) is 9.47 Å². The lowest BCUT2D eigenvalue weighted by molar-refractivity contribution is -0.131. The average molecular weight is 372 g/mol. The van der Waals surface area contributed by atoms with Gasteiger partial charge < -0.3 is 19.7 Å². The van der Waals surface area contributed by atoms with E-state index in [9.17, 15) is 9.59 Å². The molecule has 0 aliphatic carbocycles. The summed E-state index contributed by atoms with van der Waals surface area (Å²) in [5, 5.41) is 2.92. The standard InChI is InChI=1S/C19H24N4O4/c1-20-19-21-14-7-8-23(11-13(14)18(25)22(19)2)17(24)10-12-5-6-15(26-3)16(9-12)27-4/h5-6,9H,7-8,10-11H2,1-4H3,(H,20,21). The maximum absolute atomic E-state index is 12.8. The molecule has 1 aromatic carbocycles. The summed E-state index contributed by atoms with van der Waals surface area (Å²) in [7, 11) is 6.54. The lowest BCUT2D eigenvalue weighted by Crippen LogP contribution is -2.41. The zero-order chi connectivity index (χ0) is 19.6. The van der Waals surface area contributed by atoms with E-state index in [1.54, 1.807) is 45.3 Å². The molecule has 8 heteroatoms. The molecule has 27 heavy (non-hydrogen) atoms. The fourth-order valence-corrected chi connectivity index (χ4v) is 3.28. The van der Waals surface area contributed by atoms with Gasteiger partial charge in [-0.05, 0) is 17.7 Å². The molecule has 1 aliphatic rings. The first kappa shape index (κ1) is 18.8. The maximum atomic E-state index is 12.8. The summed E-state index contributed by atoms with van der Waals surface area (Å²) in [5.41, 5.74) is 2.06. The molecule has 1 aromatic heterocycles. The van der Waals surface area contributed by atoms with E-state index in [-0.39, 0.29) is 24.4 Å². The van der Waals surface area contributed by atoms with Gasteiger partial charge in [-0.2, -0.15) is 0 Å². The van der Waals surface area contributed by atoms with Gasteiger partial charge in [0.1, 0.15) is 0 Å². The number of ether oxygens (including phenoxy) is 2. The van der Waals surface area contributed by atoms with Crippen molar-refractivity contribution in [2.24, 2.45) is 7.05 Å². The molecule has 1 amide bonds. The number of methoxy groups -OCH3 is 2. The molecule has 0 unspecified atom stereocenters. The second kappa shape index (κ2) is 7.69. The monoisotopic (exact) mass is 372 g/mol. The Hall–Kier alpha value is -3.03. The van der Waals surface area contributed by atoms with Crippen LogP contribution in [0.2, 0.25) is 0 Å². The average Bonchev–Trinajstić information content (AvgIpc) is 2.70. The Morgan fingerprint density at radius 3 is 2.67 bits per heavy atom. The van der Waals surface area contributed by atoms with E-state index < -0.39 is 0 Å². The van der Waals surface area contributed by atoms with Crippen LogP contribution in [0.15, 0.2) is 23.0 Å². The molecule has 2 aromatic rings. The molecule has 0 bridgehead atoms. The first-order valence-corrected chi connectivity index (χ1v) is 8.73. The van der Waals surface area contributed by atoms with Gasteiger partial charge in [0.05, 0.1) is 38.4 Å². The van der Waals surface area contributed by atoms with Crippen LogP contribution in [0.4, 0.5) is 5.95 Å². The molecule has 8 nitrogen and oxygen atoms in total. The van der Waals surface area contributed by atoms with Gasteiger partial charge in [-0.1, -0.05) is 6.07 Å². The molecule has 0 saturated carbocycles. The Labute approximate surface area is 157 Å². The van der Waals surface area contributed by atoms with Gasteiger partial charge >= 0.3 is 0 Å². The number of nitrogens with one attached hydrogen (secondary N) is 1. The summed E-state index contributed by atoms with van der Waals surface area (Å²) in [6, 6.07) is 5.43. The summed E-state index contributed by atoms with van der Waals surface area (Å²) in [5.74, 6) is 1.71. The first-order valence-electron chi connectivity index (χ1n) is 8.73. The molecule has 0 fully saturated rings. The Morgan fingerprint density at radius 1 is 1.26 bits per heavy atom. The Balaban J connectivity index is 1.78. The SMILES string of the molecule is CNc1nc2c(c(=O)n1C)CN(C(=O)Cc1ccc(OC)c(OC)c1)CC2. The van der Waals surface area contributed by atoms with Gasteiger partial charge in [0.2, 0.25) is 11.9 Å². The molecule has 3 rings (SSSR count). The van der Waals surface area contributed by atoms with E-state index >= 15 is 0 Å². The molecular weight excluding hydrogens is 348 g/mol. The number of aromatic nitrogens is 2. The minimum atomic E-state index is -0.118. The highest BCUT2D eigenvalue weighted by Gasteiger charge is 2.25. The summed E-state index contributed by atoms with van der Waals surface area (Å²) in [4.78, 5) is 31.6. The Kier molecular flexibility index (Phi) is 5.34. The third kappa shape index (κ3) is 3.60. The second-order valence-corrected chi connectivity index (χ2v) is 6.41. The topological polar surface area (TPSA) is 85.7 Å². The van der Waals surface area contributed by atoms with Crippen molar-refractivity contribution in [1.82, 2.24) is 14.5 Å². The predicted octanol–water partition coefficient (Wildman–Crippen LogP) is 0.967. The highest BCUT2D eigenvalue weighted by atomic mass is 16.5. The quantitative estimate of drug-likeness (QED) is 0.842. The van der Waals surface area contributed by atoms with Crippen molar-refractivity contribution in [1.29, 1.82) is 0 Å².